The quantitative estimate of drug-likeness (QED) is 0.476. The van der Waals surface area contributed by atoms with E-state index >= 15 is 0 Å². The van der Waals surface area contributed by atoms with E-state index in [4.69, 9.17) is 14.2 Å². The standard InChI is InChI=1S/C22H20BrN5O2/c1-29-22-7-14(21-27-20(28-30-21)13-5-15(23)11-24-8-13)10-26-18(22)6-12-9-25-17-4-2-3-16(22)19(12)17/h2-5,8-9,11,14,18,25-26H,6-7,10H2,1H3/t14?,18-,22+/m1/s1. The third-order valence-corrected chi connectivity index (χ3v) is 6.94. The summed E-state index contributed by atoms with van der Waals surface area (Å²) in [7, 11) is 1.81. The van der Waals surface area contributed by atoms with Crippen LogP contribution in [0, 0.1) is 0 Å². The van der Waals surface area contributed by atoms with Crippen LogP contribution in [0.15, 0.2) is 51.9 Å². The molecule has 0 radical (unpaired) electrons. The number of halogens is 1. The molecule has 3 aromatic heterocycles. The van der Waals surface area contributed by atoms with E-state index < -0.39 is 5.60 Å². The Morgan fingerprint density at radius 3 is 3.10 bits per heavy atom. The average molecular weight is 466 g/mol. The number of hydrogen-bond donors (Lipinski definition) is 2. The number of piperidine rings is 1. The number of aromatic nitrogens is 4. The maximum absolute atomic E-state index is 6.28. The Balaban J connectivity index is 1.39. The second-order valence-electron chi connectivity index (χ2n) is 8.05. The van der Waals surface area contributed by atoms with E-state index in [1.807, 2.05) is 6.07 Å². The van der Waals surface area contributed by atoms with E-state index in [9.17, 15) is 0 Å². The highest BCUT2D eigenvalue weighted by molar-refractivity contribution is 9.10. The first-order chi connectivity index (χ1) is 14.7. The Labute approximate surface area is 181 Å². The number of pyridine rings is 1. The summed E-state index contributed by atoms with van der Waals surface area (Å²) < 4.78 is 12.8. The molecule has 1 aliphatic heterocycles. The van der Waals surface area contributed by atoms with Crippen molar-refractivity contribution in [3.8, 4) is 11.4 Å². The summed E-state index contributed by atoms with van der Waals surface area (Å²) in [5.41, 5.74) is 4.10. The summed E-state index contributed by atoms with van der Waals surface area (Å²) in [6.45, 7) is 0.768. The maximum Gasteiger partial charge on any atom is 0.231 e. The van der Waals surface area contributed by atoms with Gasteiger partial charge in [0.1, 0.15) is 5.60 Å². The zero-order valence-corrected chi connectivity index (χ0v) is 17.9. The Morgan fingerprint density at radius 1 is 1.30 bits per heavy atom. The van der Waals surface area contributed by atoms with Crippen molar-refractivity contribution in [1.82, 2.24) is 25.4 Å². The topological polar surface area (TPSA) is 88.9 Å². The predicted octanol–water partition coefficient (Wildman–Crippen LogP) is 3.92. The molecule has 8 heteroatoms. The van der Waals surface area contributed by atoms with Crippen LogP contribution in [0.1, 0.15) is 29.4 Å². The monoisotopic (exact) mass is 465 g/mol. The van der Waals surface area contributed by atoms with Gasteiger partial charge >= 0.3 is 0 Å². The lowest BCUT2D eigenvalue weighted by atomic mass is 9.69. The molecule has 1 fully saturated rings. The summed E-state index contributed by atoms with van der Waals surface area (Å²) in [6, 6.07) is 8.53. The molecule has 1 aromatic carbocycles. The molecule has 3 atom stereocenters. The van der Waals surface area contributed by atoms with E-state index in [1.165, 1.54) is 16.5 Å². The molecule has 2 N–H and O–H groups in total. The van der Waals surface area contributed by atoms with Crippen LogP contribution in [-0.2, 0) is 16.8 Å². The highest BCUT2D eigenvalue weighted by Gasteiger charge is 2.50. The number of nitrogens with one attached hydrogen (secondary N) is 2. The number of aromatic amines is 1. The highest BCUT2D eigenvalue weighted by Crippen LogP contribution is 2.48. The average Bonchev–Trinajstić information content (AvgIpc) is 3.42. The zero-order valence-electron chi connectivity index (χ0n) is 16.4. The van der Waals surface area contributed by atoms with Crippen LogP contribution in [0.25, 0.3) is 22.3 Å². The third-order valence-electron chi connectivity index (χ3n) is 6.51. The molecule has 30 heavy (non-hydrogen) atoms. The number of methoxy groups -OCH3 is 1. The smallest absolute Gasteiger partial charge is 0.231 e. The van der Waals surface area contributed by atoms with Crippen LogP contribution in [0.2, 0.25) is 0 Å². The van der Waals surface area contributed by atoms with Crippen molar-refractivity contribution in [2.24, 2.45) is 0 Å². The molecule has 4 heterocycles. The van der Waals surface area contributed by atoms with Crippen molar-refractivity contribution < 1.29 is 9.26 Å². The largest absolute Gasteiger partial charge is 0.372 e. The van der Waals surface area contributed by atoms with Crippen molar-refractivity contribution in [3.63, 3.8) is 0 Å². The van der Waals surface area contributed by atoms with Crippen molar-refractivity contribution >= 4 is 26.8 Å². The van der Waals surface area contributed by atoms with E-state index in [0.717, 1.165) is 34.9 Å². The van der Waals surface area contributed by atoms with Gasteiger partial charge in [0.15, 0.2) is 0 Å². The number of ether oxygens (including phenoxy) is 1. The summed E-state index contributed by atoms with van der Waals surface area (Å²) in [4.78, 5) is 12.3. The maximum atomic E-state index is 6.28. The fourth-order valence-corrected chi connectivity index (χ4v) is 5.48. The van der Waals surface area contributed by atoms with E-state index in [1.54, 1.807) is 19.5 Å². The number of fused-ring (bicyclic) bond motifs is 2. The molecule has 6 rings (SSSR count). The van der Waals surface area contributed by atoms with E-state index in [0.29, 0.717) is 11.7 Å². The van der Waals surface area contributed by atoms with Gasteiger partial charge < -0.3 is 19.6 Å². The van der Waals surface area contributed by atoms with Gasteiger partial charge in [-0.25, -0.2) is 0 Å². The minimum Gasteiger partial charge on any atom is -0.372 e. The number of H-pyrrole nitrogens is 1. The van der Waals surface area contributed by atoms with E-state index in [2.05, 4.69) is 60.8 Å². The summed E-state index contributed by atoms with van der Waals surface area (Å²) in [5.74, 6) is 1.23. The first kappa shape index (κ1) is 18.2. The van der Waals surface area contributed by atoms with Crippen molar-refractivity contribution in [1.29, 1.82) is 0 Å². The molecule has 0 bridgehead atoms. The summed E-state index contributed by atoms with van der Waals surface area (Å²) in [5, 5.41) is 9.19. The fraction of sp³-hybridized carbons (Fsp3) is 0.318. The Kier molecular flexibility index (Phi) is 4.09. The normalized spacial score (nSPS) is 25.4. The molecular formula is C22H20BrN5O2. The zero-order chi connectivity index (χ0) is 20.3. The van der Waals surface area contributed by atoms with Gasteiger partial charge in [-0.1, -0.05) is 17.3 Å². The molecule has 2 aliphatic rings. The molecule has 0 saturated carbocycles. The third kappa shape index (κ3) is 2.60. The molecule has 1 saturated heterocycles. The van der Waals surface area contributed by atoms with Crippen molar-refractivity contribution in [3.05, 3.63) is 64.3 Å². The van der Waals surface area contributed by atoms with Gasteiger partial charge in [0.25, 0.3) is 0 Å². The number of hydrogen-bond acceptors (Lipinski definition) is 6. The van der Waals surface area contributed by atoms with Crippen LogP contribution in [-0.4, -0.2) is 39.8 Å². The Bertz CT molecular complexity index is 1250. The van der Waals surface area contributed by atoms with Crippen LogP contribution in [0.5, 0.6) is 0 Å². The minimum atomic E-state index is -0.441. The van der Waals surface area contributed by atoms with Gasteiger partial charge in [-0.2, -0.15) is 4.98 Å². The lowest BCUT2D eigenvalue weighted by molar-refractivity contribution is -0.0761. The van der Waals surface area contributed by atoms with Gasteiger partial charge in [0.2, 0.25) is 11.7 Å². The number of nitrogens with zero attached hydrogens (tertiary/aromatic N) is 3. The Morgan fingerprint density at radius 2 is 2.23 bits per heavy atom. The molecule has 0 amide bonds. The molecule has 152 valence electrons. The van der Waals surface area contributed by atoms with Crippen LogP contribution >= 0.6 is 15.9 Å². The highest BCUT2D eigenvalue weighted by atomic mass is 79.9. The molecule has 0 spiro atoms. The molecule has 4 aromatic rings. The second-order valence-corrected chi connectivity index (χ2v) is 8.97. The Hall–Kier alpha value is -2.55. The minimum absolute atomic E-state index is 0.0540. The fourth-order valence-electron chi connectivity index (χ4n) is 5.12. The summed E-state index contributed by atoms with van der Waals surface area (Å²) >= 11 is 3.44. The van der Waals surface area contributed by atoms with Crippen LogP contribution in [0.4, 0.5) is 0 Å². The van der Waals surface area contributed by atoms with Gasteiger partial charge in [-0.05, 0) is 52.0 Å². The van der Waals surface area contributed by atoms with Crippen LogP contribution in [0.3, 0.4) is 0 Å². The molecule has 1 unspecified atom stereocenters. The lowest BCUT2D eigenvalue weighted by Gasteiger charge is -2.48. The molecule has 7 nitrogen and oxygen atoms in total. The predicted molar refractivity (Wildman–Crippen MR) is 115 cm³/mol. The van der Waals surface area contributed by atoms with Gasteiger partial charge in [-0.3, -0.25) is 4.98 Å². The van der Waals surface area contributed by atoms with Crippen molar-refractivity contribution in [2.75, 3.05) is 13.7 Å². The number of rotatable bonds is 3. The SMILES string of the molecule is CO[C@]12CC(c3nc(-c4cncc(Br)c4)no3)CN[C@@H]1Cc1c[nH]c3cccc2c13. The van der Waals surface area contributed by atoms with Crippen LogP contribution < -0.4 is 5.32 Å². The van der Waals surface area contributed by atoms with Gasteiger partial charge in [0.05, 0.1) is 5.92 Å². The lowest BCUT2D eigenvalue weighted by Crippen LogP contribution is -2.58. The van der Waals surface area contributed by atoms with E-state index in [-0.39, 0.29) is 12.0 Å². The second kappa shape index (κ2) is 6.73. The first-order valence-corrected chi connectivity index (χ1v) is 10.8. The molecular weight excluding hydrogens is 446 g/mol. The summed E-state index contributed by atoms with van der Waals surface area (Å²) in [6.07, 6.45) is 7.30. The first-order valence-electron chi connectivity index (χ1n) is 10.0. The van der Waals surface area contributed by atoms with Gasteiger partial charge in [0, 0.05) is 59.2 Å². The number of benzene rings is 1. The van der Waals surface area contributed by atoms with Gasteiger partial charge in [-0.15, -0.1) is 0 Å². The van der Waals surface area contributed by atoms with Crippen molar-refractivity contribution in [2.45, 2.75) is 30.4 Å². The molecule has 1 aliphatic carbocycles.